The number of nitrogens with zero attached hydrogens (tertiary/aromatic N) is 6. The van der Waals surface area contributed by atoms with Gasteiger partial charge in [-0.2, -0.15) is 5.10 Å². The normalized spacial score (nSPS) is 20.7. The third-order valence-corrected chi connectivity index (χ3v) is 5.79. The van der Waals surface area contributed by atoms with Gasteiger partial charge < -0.3 is 10.2 Å². The molecular formula is C21H32ClN7. The molecule has 2 unspecified atom stereocenters. The van der Waals surface area contributed by atoms with Gasteiger partial charge in [0.05, 0.1) is 6.54 Å². The van der Waals surface area contributed by atoms with Crippen LogP contribution in [0.1, 0.15) is 37.2 Å². The van der Waals surface area contributed by atoms with Gasteiger partial charge in [0.15, 0.2) is 5.96 Å². The Bertz CT molecular complexity index is 819. The molecule has 0 bridgehead atoms. The molecule has 0 aliphatic carbocycles. The maximum Gasteiger partial charge on any atom is 0.194 e. The van der Waals surface area contributed by atoms with E-state index in [-0.39, 0.29) is 0 Å². The van der Waals surface area contributed by atoms with Gasteiger partial charge >= 0.3 is 0 Å². The summed E-state index contributed by atoms with van der Waals surface area (Å²) >= 11 is 6.27. The van der Waals surface area contributed by atoms with Crippen LogP contribution in [0.5, 0.6) is 0 Å². The van der Waals surface area contributed by atoms with Crippen molar-refractivity contribution < 1.29 is 0 Å². The highest BCUT2D eigenvalue weighted by molar-refractivity contribution is 6.30. The fourth-order valence-corrected chi connectivity index (χ4v) is 4.29. The van der Waals surface area contributed by atoms with E-state index in [4.69, 9.17) is 16.6 Å². The van der Waals surface area contributed by atoms with Gasteiger partial charge in [-0.1, -0.05) is 23.7 Å². The number of aryl methyl sites for hydroxylation is 1. The van der Waals surface area contributed by atoms with E-state index in [1.807, 2.05) is 26.2 Å². The Morgan fingerprint density at radius 1 is 1.38 bits per heavy atom. The third-order valence-electron chi connectivity index (χ3n) is 5.55. The molecular weight excluding hydrogens is 386 g/mol. The zero-order valence-corrected chi connectivity index (χ0v) is 18.6. The second-order valence-corrected chi connectivity index (χ2v) is 8.17. The van der Waals surface area contributed by atoms with Crippen LogP contribution in [0.15, 0.2) is 35.6 Å². The zero-order valence-electron chi connectivity index (χ0n) is 17.8. The smallest absolute Gasteiger partial charge is 0.194 e. The first-order valence-corrected chi connectivity index (χ1v) is 10.7. The first-order valence-electron chi connectivity index (χ1n) is 10.3. The van der Waals surface area contributed by atoms with Crippen molar-refractivity contribution in [3.05, 3.63) is 47.0 Å². The van der Waals surface area contributed by atoms with E-state index in [1.54, 1.807) is 11.0 Å². The zero-order chi connectivity index (χ0) is 20.8. The molecule has 8 heteroatoms. The minimum absolute atomic E-state index is 0.332. The highest BCUT2D eigenvalue weighted by Gasteiger charge is 2.30. The lowest BCUT2D eigenvalue weighted by atomic mass is 9.85. The quantitative estimate of drug-likeness (QED) is 0.578. The lowest BCUT2D eigenvalue weighted by Gasteiger charge is -2.39. The van der Waals surface area contributed by atoms with Crippen LogP contribution in [0.2, 0.25) is 5.02 Å². The third kappa shape index (κ3) is 5.48. The minimum atomic E-state index is 0.332. The lowest BCUT2D eigenvalue weighted by molar-refractivity contribution is 0.125. The molecule has 0 amide bonds. The largest absolute Gasteiger partial charge is 0.357 e. The predicted octanol–water partition coefficient (Wildman–Crippen LogP) is 2.95. The Morgan fingerprint density at radius 3 is 2.90 bits per heavy atom. The number of halogens is 1. The van der Waals surface area contributed by atoms with Gasteiger partial charge in [0.2, 0.25) is 0 Å². The van der Waals surface area contributed by atoms with E-state index in [0.717, 1.165) is 42.9 Å². The van der Waals surface area contributed by atoms with Crippen molar-refractivity contribution in [2.75, 3.05) is 33.7 Å². The summed E-state index contributed by atoms with van der Waals surface area (Å²) in [6.07, 6.45) is 3.94. The molecule has 1 fully saturated rings. The first kappa shape index (κ1) is 21.6. The second kappa shape index (κ2) is 10.1. The molecule has 1 saturated heterocycles. The Morgan fingerprint density at radius 2 is 2.21 bits per heavy atom. The number of rotatable bonds is 6. The average molecular weight is 418 g/mol. The van der Waals surface area contributed by atoms with Crippen molar-refractivity contribution in [2.45, 2.75) is 32.4 Å². The van der Waals surface area contributed by atoms with E-state index in [9.17, 15) is 0 Å². The molecule has 2 atom stereocenters. The van der Waals surface area contributed by atoms with E-state index in [1.165, 1.54) is 12.0 Å². The molecule has 3 rings (SSSR count). The second-order valence-electron chi connectivity index (χ2n) is 7.73. The van der Waals surface area contributed by atoms with Gasteiger partial charge in [-0.15, -0.1) is 0 Å². The molecule has 1 aromatic carbocycles. The van der Waals surface area contributed by atoms with Gasteiger partial charge in [0, 0.05) is 38.2 Å². The number of likely N-dealkylation sites (tertiary alicyclic amines) is 1. The number of hydrogen-bond donors (Lipinski definition) is 1. The van der Waals surface area contributed by atoms with Crippen molar-refractivity contribution in [1.82, 2.24) is 29.9 Å². The monoisotopic (exact) mass is 417 g/mol. The maximum atomic E-state index is 6.27. The summed E-state index contributed by atoms with van der Waals surface area (Å²) in [5, 5.41) is 8.36. The van der Waals surface area contributed by atoms with Crippen molar-refractivity contribution >= 4 is 17.6 Å². The van der Waals surface area contributed by atoms with E-state index < -0.39 is 0 Å². The lowest BCUT2D eigenvalue weighted by Crippen LogP contribution is -2.41. The standard InChI is InChI=1S/C21H32ClN7/c1-5-23-21(28(3)14-19-25-15-26-29(19)4)24-13-17-9-7-11-27(2)20(17)16-8-6-10-18(22)12-16/h6,8,10,12,15,17,20H,5,7,9,11,13-14H2,1-4H3,(H,23,24). The predicted molar refractivity (Wildman–Crippen MR) is 118 cm³/mol. The molecule has 7 nitrogen and oxygen atoms in total. The molecule has 2 heterocycles. The summed E-state index contributed by atoms with van der Waals surface area (Å²) < 4.78 is 1.80. The number of aliphatic imine (C=N–C) groups is 1. The number of piperidine rings is 1. The summed E-state index contributed by atoms with van der Waals surface area (Å²) in [6.45, 7) is 5.44. The summed E-state index contributed by atoms with van der Waals surface area (Å²) in [5.41, 5.74) is 1.28. The average Bonchev–Trinajstić information content (AvgIpc) is 3.09. The number of hydrogen-bond acceptors (Lipinski definition) is 4. The Kier molecular flexibility index (Phi) is 7.50. The molecule has 0 radical (unpaired) electrons. The SMILES string of the molecule is CCNC(=NCC1CCCN(C)C1c1cccc(Cl)c1)N(C)Cc1ncnn1C. The Labute approximate surface area is 178 Å². The van der Waals surface area contributed by atoms with Crippen LogP contribution in [-0.2, 0) is 13.6 Å². The van der Waals surface area contributed by atoms with Gasteiger partial charge in [-0.25, -0.2) is 4.98 Å². The topological polar surface area (TPSA) is 61.6 Å². The van der Waals surface area contributed by atoms with Crippen LogP contribution in [0.4, 0.5) is 0 Å². The molecule has 0 spiro atoms. The van der Waals surface area contributed by atoms with Crippen molar-refractivity contribution in [2.24, 2.45) is 18.0 Å². The molecule has 2 aromatic rings. The highest BCUT2D eigenvalue weighted by atomic mass is 35.5. The van der Waals surface area contributed by atoms with Crippen molar-refractivity contribution in [1.29, 1.82) is 0 Å². The minimum Gasteiger partial charge on any atom is -0.357 e. The molecule has 0 saturated carbocycles. The molecule has 1 aliphatic rings. The van der Waals surface area contributed by atoms with Crippen molar-refractivity contribution in [3.63, 3.8) is 0 Å². The molecule has 1 N–H and O–H groups in total. The summed E-state index contributed by atoms with van der Waals surface area (Å²) in [6, 6.07) is 8.58. The fraction of sp³-hybridized carbons (Fsp3) is 0.571. The number of nitrogens with one attached hydrogen (secondary N) is 1. The Balaban J connectivity index is 1.76. The van der Waals surface area contributed by atoms with Crippen LogP contribution in [0, 0.1) is 5.92 Å². The van der Waals surface area contributed by atoms with Gasteiger partial charge in [0.1, 0.15) is 12.2 Å². The van der Waals surface area contributed by atoms with Crippen LogP contribution >= 0.6 is 11.6 Å². The van der Waals surface area contributed by atoms with E-state index in [0.29, 0.717) is 18.5 Å². The summed E-state index contributed by atoms with van der Waals surface area (Å²) in [7, 11) is 6.15. The summed E-state index contributed by atoms with van der Waals surface area (Å²) in [4.78, 5) is 13.9. The summed E-state index contributed by atoms with van der Waals surface area (Å²) in [5.74, 6) is 2.25. The van der Waals surface area contributed by atoms with E-state index in [2.05, 4.69) is 51.3 Å². The van der Waals surface area contributed by atoms with Crippen molar-refractivity contribution in [3.8, 4) is 0 Å². The highest BCUT2D eigenvalue weighted by Crippen LogP contribution is 2.36. The van der Waals surface area contributed by atoms with Crippen LogP contribution in [-0.4, -0.2) is 64.3 Å². The maximum absolute atomic E-state index is 6.27. The number of guanidine groups is 1. The molecule has 1 aromatic heterocycles. The van der Waals surface area contributed by atoms with Crippen LogP contribution < -0.4 is 5.32 Å². The Hall–Kier alpha value is -2.12. The van der Waals surface area contributed by atoms with Gasteiger partial charge in [-0.05, 0) is 57.0 Å². The first-order chi connectivity index (χ1) is 14.0. The number of benzene rings is 1. The van der Waals surface area contributed by atoms with Gasteiger partial charge in [0.25, 0.3) is 0 Å². The van der Waals surface area contributed by atoms with Crippen LogP contribution in [0.25, 0.3) is 0 Å². The van der Waals surface area contributed by atoms with Crippen LogP contribution in [0.3, 0.4) is 0 Å². The molecule has 1 aliphatic heterocycles. The molecule has 29 heavy (non-hydrogen) atoms. The fourth-order valence-electron chi connectivity index (χ4n) is 4.09. The van der Waals surface area contributed by atoms with E-state index >= 15 is 0 Å². The number of aromatic nitrogens is 3. The molecule has 158 valence electrons. The van der Waals surface area contributed by atoms with Gasteiger partial charge in [-0.3, -0.25) is 14.6 Å².